The van der Waals surface area contributed by atoms with E-state index in [4.69, 9.17) is 4.74 Å². The summed E-state index contributed by atoms with van der Waals surface area (Å²) < 4.78 is 4.71. The van der Waals surface area contributed by atoms with Crippen LogP contribution in [0.4, 0.5) is 4.79 Å². The zero-order valence-corrected chi connectivity index (χ0v) is 8.78. The zero-order chi connectivity index (χ0) is 10.0. The lowest BCUT2D eigenvalue weighted by Gasteiger charge is -2.41. The van der Waals surface area contributed by atoms with Crippen molar-refractivity contribution < 1.29 is 9.53 Å². The minimum absolute atomic E-state index is 0.215. The fourth-order valence-electron chi connectivity index (χ4n) is 1.67. The van der Waals surface area contributed by atoms with Gasteiger partial charge in [-0.15, -0.1) is 0 Å². The summed E-state index contributed by atoms with van der Waals surface area (Å²) in [6.07, 6.45) is -0.215. The van der Waals surface area contributed by atoms with Crippen molar-refractivity contribution in [2.24, 2.45) is 0 Å². The van der Waals surface area contributed by atoms with Gasteiger partial charge in [0.25, 0.3) is 0 Å². The molecule has 2 atom stereocenters. The first kappa shape index (κ1) is 10.3. The fraction of sp³-hybridized carbons (Fsp3) is 0.889. The molecule has 76 valence electrons. The molecule has 0 unspecified atom stereocenters. The summed E-state index contributed by atoms with van der Waals surface area (Å²) in [4.78, 5) is 15.4. The predicted molar refractivity (Wildman–Crippen MR) is 50.7 cm³/mol. The largest absolute Gasteiger partial charge is 0.453 e. The summed E-state index contributed by atoms with van der Waals surface area (Å²) in [5.74, 6) is 0. The molecule has 0 aliphatic carbocycles. The van der Waals surface area contributed by atoms with Crippen LogP contribution < -0.4 is 0 Å². The van der Waals surface area contributed by atoms with Gasteiger partial charge < -0.3 is 9.64 Å². The zero-order valence-electron chi connectivity index (χ0n) is 8.78. The normalized spacial score (nSPS) is 30.3. The molecule has 1 rings (SSSR count). The molecular formula is C9H18N2O2. The van der Waals surface area contributed by atoms with Gasteiger partial charge in [-0.2, -0.15) is 0 Å². The van der Waals surface area contributed by atoms with E-state index in [-0.39, 0.29) is 12.1 Å². The second kappa shape index (κ2) is 3.96. The number of nitrogens with zero attached hydrogens (tertiary/aromatic N) is 2. The molecular weight excluding hydrogens is 168 g/mol. The van der Waals surface area contributed by atoms with Crippen LogP contribution in [0.2, 0.25) is 0 Å². The van der Waals surface area contributed by atoms with Gasteiger partial charge in [0.1, 0.15) is 0 Å². The lowest BCUT2D eigenvalue weighted by atomic mass is 10.1. The van der Waals surface area contributed by atoms with E-state index in [1.54, 1.807) is 4.90 Å². The Labute approximate surface area is 79.4 Å². The van der Waals surface area contributed by atoms with Crippen molar-refractivity contribution >= 4 is 6.09 Å². The topological polar surface area (TPSA) is 32.8 Å². The van der Waals surface area contributed by atoms with E-state index < -0.39 is 0 Å². The van der Waals surface area contributed by atoms with Gasteiger partial charge in [-0.25, -0.2) is 4.79 Å². The molecule has 0 radical (unpaired) electrons. The van der Waals surface area contributed by atoms with Gasteiger partial charge in [0.15, 0.2) is 0 Å². The second-order valence-electron chi connectivity index (χ2n) is 3.76. The molecule has 0 spiro atoms. The van der Waals surface area contributed by atoms with Gasteiger partial charge in [-0.05, 0) is 20.9 Å². The van der Waals surface area contributed by atoms with Crippen molar-refractivity contribution in [3.63, 3.8) is 0 Å². The Morgan fingerprint density at radius 1 is 1.31 bits per heavy atom. The summed E-state index contributed by atoms with van der Waals surface area (Å²) in [5, 5.41) is 0. The quantitative estimate of drug-likeness (QED) is 0.560. The van der Waals surface area contributed by atoms with Gasteiger partial charge in [0.2, 0.25) is 0 Å². The van der Waals surface area contributed by atoms with Gasteiger partial charge in [0, 0.05) is 25.2 Å². The molecule has 13 heavy (non-hydrogen) atoms. The molecule has 1 amide bonds. The number of carbonyl (C=O) groups excluding carboxylic acids is 1. The van der Waals surface area contributed by atoms with Gasteiger partial charge in [-0.3, -0.25) is 4.90 Å². The van der Waals surface area contributed by atoms with Crippen LogP contribution >= 0.6 is 0 Å². The summed E-state index contributed by atoms with van der Waals surface area (Å²) >= 11 is 0. The third-order valence-electron chi connectivity index (χ3n) is 2.71. The van der Waals surface area contributed by atoms with Gasteiger partial charge in [0.05, 0.1) is 7.11 Å². The van der Waals surface area contributed by atoms with Crippen LogP contribution in [0.5, 0.6) is 0 Å². The Kier molecular flexibility index (Phi) is 3.14. The van der Waals surface area contributed by atoms with Gasteiger partial charge in [-0.1, -0.05) is 0 Å². The van der Waals surface area contributed by atoms with Crippen molar-refractivity contribution in [3.05, 3.63) is 0 Å². The van der Waals surface area contributed by atoms with Crippen LogP contribution in [0.15, 0.2) is 0 Å². The average molecular weight is 186 g/mol. The molecule has 1 aliphatic heterocycles. The molecule has 0 N–H and O–H groups in total. The molecule has 0 bridgehead atoms. The first-order valence-corrected chi connectivity index (χ1v) is 4.61. The summed E-state index contributed by atoms with van der Waals surface area (Å²) in [6, 6.07) is 0.656. The van der Waals surface area contributed by atoms with E-state index >= 15 is 0 Å². The number of rotatable bonds is 0. The van der Waals surface area contributed by atoms with Crippen molar-refractivity contribution in [1.82, 2.24) is 9.80 Å². The molecule has 1 aliphatic rings. The first-order chi connectivity index (χ1) is 6.06. The number of hydrogen-bond donors (Lipinski definition) is 0. The fourth-order valence-corrected chi connectivity index (χ4v) is 1.67. The number of piperazine rings is 1. The number of carbonyl (C=O) groups is 1. The van der Waals surface area contributed by atoms with Crippen LogP contribution in [0.3, 0.4) is 0 Å². The highest BCUT2D eigenvalue weighted by Crippen LogP contribution is 2.13. The summed E-state index contributed by atoms with van der Waals surface area (Å²) in [5.41, 5.74) is 0. The van der Waals surface area contributed by atoms with E-state index in [9.17, 15) is 4.79 Å². The van der Waals surface area contributed by atoms with E-state index in [2.05, 4.69) is 18.9 Å². The molecule has 0 aromatic rings. The predicted octanol–water partition coefficient (Wildman–Crippen LogP) is 0.777. The third kappa shape index (κ3) is 2.12. The molecule has 0 aromatic carbocycles. The van der Waals surface area contributed by atoms with E-state index in [1.807, 2.05) is 6.92 Å². The highest BCUT2D eigenvalue weighted by atomic mass is 16.5. The molecule has 1 fully saturated rings. The molecule has 0 saturated carbocycles. The molecule has 1 saturated heterocycles. The lowest BCUT2D eigenvalue weighted by molar-refractivity contribution is 0.0480. The minimum atomic E-state index is -0.215. The Morgan fingerprint density at radius 2 is 1.92 bits per heavy atom. The Balaban J connectivity index is 2.61. The number of ether oxygens (including phenoxy) is 1. The monoisotopic (exact) mass is 186 g/mol. The van der Waals surface area contributed by atoms with Crippen molar-refractivity contribution in [1.29, 1.82) is 0 Å². The highest BCUT2D eigenvalue weighted by molar-refractivity contribution is 5.68. The van der Waals surface area contributed by atoms with Crippen LogP contribution in [0.1, 0.15) is 13.8 Å². The SMILES string of the molecule is COC(=O)N1C[C@H](C)N(C)C[C@H]1C. The molecule has 4 heteroatoms. The third-order valence-corrected chi connectivity index (χ3v) is 2.71. The standard InChI is InChI=1S/C9H18N2O2/c1-7-6-11(9(12)13-4)8(2)5-10(7)3/h7-8H,5-6H2,1-4H3/t7-,8+/m0/s1. The number of amides is 1. The number of likely N-dealkylation sites (N-methyl/N-ethyl adjacent to an activating group) is 1. The van der Waals surface area contributed by atoms with Crippen molar-refractivity contribution in [2.75, 3.05) is 27.2 Å². The van der Waals surface area contributed by atoms with Crippen molar-refractivity contribution in [3.8, 4) is 0 Å². The summed E-state index contributed by atoms with van der Waals surface area (Å²) in [7, 11) is 3.51. The maximum atomic E-state index is 11.3. The minimum Gasteiger partial charge on any atom is -0.453 e. The van der Waals surface area contributed by atoms with Crippen LogP contribution in [-0.2, 0) is 4.74 Å². The van der Waals surface area contributed by atoms with Crippen molar-refractivity contribution in [2.45, 2.75) is 25.9 Å². The van der Waals surface area contributed by atoms with Gasteiger partial charge >= 0.3 is 6.09 Å². The number of methoxy groups -OCH3 is 1. The molecule has 1 heterocycles. The van der Waals surface area contributed by atoms with Crippen LogP contribution in [0.25, 0.3) is 0 Å². The summed E-state index contributed by atoms with van der Waals surface area (Å²) in [6.45, 7) is 5.82. The first-order valence-electron chi connectivity index (χ1n) is 4.61. The Bertz CT molecular complexity index is 196. The maximum absolute atomic E-state index is 11.3. The Morgan fingerprint density at radius 3 is 2.46 bits per heavy atom. The Hall–Kier alpha value is -0.770. The maximum Gasteiger partial charge on any atom is 0.409 e. The van der Waals surface area contributed by atoms with Crippen LogP contribution in [0, 0.1) is 0 Å². The highest BCUT2D eigenvalue weighted by Gasteiger charge is 2.30. The molecule has 4 nitrogen and oxygen atoms in total. The van der Waals surface area contributed by atoms with Crippen LogP contribution in [-0.4, -0.2) is 55.2 Å². The lowest BCUT2D eigenvalue weighted by Crippen LogP contribution is -2.56. The molecule has 0 aromatic heterocycles. The average Bonchev–Trinajstić information content (AvgIpc) is 2.10. The van der Waals surface area contributed by atoms with E-state index in [0.717, 1.165) is 13.1 Å². The van der Waals surface area contributed by atoms with E-state index in [0.29, 0.717) is 6.04 Å². The second-order valence-corrected chi connectivity index (χ2v) is 3.76. The number of hydrogen-bond acceptors (Lipinski definition) is 3. The smallest absolute Gasteiger partial charge is 0.409 e. The van der Waals surface area contributed by atoms with E-state index in [1.165, 1.54) is 7.11 Å².